The summed E-state index contributed by atoms with van der Waals surface area (Å²) in [4.78, 5) is 2.32. The first-order chi connectivity index (χ1) is 6.07. The van der Waals surface area contributed by atoms with E-state index in [1.807, 2.05) is 6.92 Å². The molecule has 0 spiro atoms. The molecule has 0 amide bonds. The standard InChI is InChI=1S/C11H20N2/c1-10(2)6-9-13(11(3)4)8-5-7-12/h11H,1,5-6,8-9H2,2-4H3. The van der Waals surface area contributed by atoms with E-state index in [2.05, 4.69) is 31.4 Å². The van der Waals surface area contributed by atoms with Crippen LogP contribution in [0.3, 0.4) is 0 Å². The van der Waals surface area contributed by atoms with Crippen LogP contribution in [0.25, 0.3) is 0 Å². The van der Waals surface area contributed by atoms with Crippen LogP contribution < -0.4 is 0 Å². The largest absolute Gasteiger partial charge is 0.300 e. The molecule has 0 fully saturated rings. The Kier molecular flexibility index (Phi) is 6.26. The van der Waals surface area contributed by atoms with E-state index < -0.39 is 0 Å². The molecule has 13 heavy (non-hydrogen) atoms. The first kappa shape index (κ1) is 12.2. The maximum Gasteiger partial charge on any atom is 0.0635 e. The van der Waals surface area contributed by atoms with Gasteiger partial charge in [-0.2, -0.15) is 5.26 Å². The van der Waals surface area contributed by atoms with E-state index in [9.17, 15) is 0 Å². The van der Waals surface area contributed by atoms with Crippen LogP contribution in [0.1, 0.15) is 33.6 Å². The number of hydrogen-bond donors (Lipinski definition) is 0. The summed E-state index contributed by atoms with van der Waals surface area (Å²) in [6.45, 7) is 12.1. The van der Waals surface area contributed by atoms with Crippen molar-refractivity contribution in [1.82, 2.24) is 4.90 Å². The van der Waals surface area contributed by atoms with Gasteiger partial charge in [0.1, 0.15) is 0 Å². The summed E-state index contributed by atoms with van der Waals surface area (Å²) in [5.74, 6) is 0. The Morgan fingerprint density at radius 1 is 1.46 bits per heavy atom. The highest BCUT2D eigenvalue weighted by Crippen LogP contribution is 2.04. The van der Waals surface area contributed by atoms with Crippen molar-refractivity contribution in [3.05, 3.63) is 12.2 Å². The van der Waals surface area contributed by atoms with Crippen LogP contribution in [0.2, 0.25) is 0 Å². The fourth-order valence-electron chi connectivity index (χ4n) is 1.16. The normalized spacial score (nSPS) is 10.5. The third-order valence-electron chi connectivity index (χ3n) is 2.07. The van der Waals surface area contributed by atoms with Crippen molar-refractivity contribution in [2.24, 2.45) is 0 Å². The second-order valence-corrected chi connectivity index (χ2v) is 3.74. The lowest BCUT2D eigenvalue weighted by atomic mass is 10.2. The Balaban J connectivity index is 3.81. The molecule has 0 N–H and O–H groups in total. The summed E-state index contributed by atoms with van der Waals surface area (Å²) in [6, 6.07) is 2.70. The zero-order chi connectivity index (χ0) is 10.3. The molecule has 0 atom stereocenters. The predicted molar refractivity (Wildman–Crippen MR) is 56.4 cm³/mol. The molecule has 0 aromatic carbocycles. The van der Waals surface area contributed by atoms with E-state index >= 15 is 0 Å². The highest BCUT2D eigenvalue weighted by molar-refractivity contribution is 4.89. The Hall–Kier alpha value is -0.810. The Morgan fingerprint density at radius 2 is 2.08 bits per heavy atom. The maximum atomic E-state index is 8.48. The minimum atomic E-state index is 0.521. The molecule has 0 aromatic rings. The SMILES string of the molecule is C=C(C)CCN(CCC#N)C(C)C. The van der Waals surface area contributed by atoms with Crippen molar-refractivity contribution in [3.8, 4) is 6.07 Å². The average Bonchev–Trinajstić information content (AvgIpc) is 2.03. The zero-order valence-electron chi connectivity index (χ0n) is 9.01. The molecular formula is C11H20N2. The molecule has 0 aromatic heterocycles. The summed E-state index contributed by atoms with van der Waals surface area (Å²) in [6.07, 6.45) is 1.65. The predicted octanol–water partition coefficient (Wildman–Crippen LogP) is 2.58. The monoisotopic (exact) mass is 180 g/mol. The van der Waals surface area contributed by atoms with Crippen LogP contribution in [-0.4, -0.2) is 24.0 Å². The lowest BCUT2D eigenvalue weighted by Gasteiger charge is -2.25. The molecule has 0 aliphatic heterocycles. The minimum Gasteiger partial charge on any atom is -0.300 e. The summed E-state index contributed by atoms with van der Waals surface area (Å²) < 4.78 is 0. The highest BCUT2D eigenvalue weighted by atomic mass is 15.1. The van der Waals surface area contributed by atoms with Crippen molar-refractivity contribution in [2.75, 3.05) is 13.1 Å². The molecule has 0 bridgehead atoms. The molecule has 0 aliphatic carbocycles. The minimum absolute atomic E-state index is 0.521. The molecule has 74 valence electrons. The topological polar surface area (TPSA) is 27.0 Å². The summed E-state index contributed by atoms with van der Waals surface area (Å²) >= 11 is 0. The van der Waals surface area contributed by atoms with Gasteiger partial charge in [0.05, 0.1) is 6.07 Å². The molecule has 0 saturated heterocycles. The van der Waals surface area contributed by atoms with Crippen molar-refractivity contribution >= 4 is 0 Å². The molecule has 0 saturated carbocycles. The van der Waals surface area contributed by atoms with E-state index in [-0.39, 0.29) is 0 Å². The van der Waals surface area contributed by atoms with Gasteiger partial charge in [0.15, 0.2) is 0 Å². The average molecular weight is 180 g/mol. The van der Waals surface area contributed by atoms with Gasteiger partial charge < -0.3 is 0 Å². The van der Waals surface area contributed by atoms with E-state index in [0.717, 1.165) is 19.5 Å². The van der Waals surface area contributed by atoms with Crippen molar-refractivity contribution < 1.29 is 0 Å². The number of hydrogen-bond acceptors (Lipinski definition) is 2. The smallest absolute Gasteiger partial charge is 0.0635 e. The quantitative estimate of drug-likeness (QED) is 0.587. The van der Waals surface area contributed by atoms with Gasteiger partial charge in [0.25, 0.3) is 0 Å². The van der Waals surface area contributed by atoms with Gasteiger partial charge in [-0.05, 0) is 27.2 Å². The van der Waals surface area contributed by atoms with E-state index in [1.54, 1.807) is 0 Å². The highest BCUT2D eigenvalue weighted by Gasteiger charge is 2.07. The Morgan fingerprint density at radius 3 is 2.46 bits per heavy atom. The van der Waals surface area contributed by atoms with E-state index in [4.69, 9.17) is 5.26 Å². The third kappa shape index (κ3) is 6.36. The van der Waals surface area contributed by atoms with Gasteiger partial charge in [0.2, 0.25) is 0 Å². The molecule has 0 radical (unpaired) electrons. The fourth-order valence-corrected chi connectivity index (χ4v) is 1.16. The van der Waals surface area contributed by atoms with Crippen LogP contribution in [0.15, 0.2) is 12.2 Å². The van der Waals surface area contributed by atoms with Crippen LogP contribution in [0.4, 0.5) is 0 Å². The van der Waals surface area contributed by atoms with Crippen molar-refractivity contribution in [3.63, 3.8) is 0 Å². The summed E-state index contributed by atoms with van der Waals surface area (Å²) in [5, 5.41) is 8.48. The zero-order valence-corrected chi connectivity index (χ0v) is 9.01. The van der Waals surface area contributed by atoms with Crippen LogP contribution in [0, 0.1) is 11.3 Å². The Bertz CT molecular complexity index is 189. The molecule has 2 nitrogen and oxygen atoms in total. The van der Waals surface area contributed by atoms with E-state index in [0.29, 0.717) is 12.5 Å². The van der Waals surface area contributed by atoms with Gasteiger partial charge in [0, 0.05) is 25.6 Å². The Labute approximate surface area is 81.9 Å². The number of nitrogens with zero attached hydrogens (tertiary/aromatic N) is 2. The lowest BCUT2D eigenvalue weighted by Crippen LogP contribution is -2.32. The van der Waals surface area contributed by atoms with Gasteiger partial charge in [-0.1, -0.05) is 5.57 Å². The summed E-state index contributed by atoms with van der Waals surface area (Å²) in [5.41, 5.74) is 1.21. The third-order valence-corrected chi connectivity index (χ3v) is 2.07. The maximum absolute atomic E-state index is 8.48. The molecule has 2 heteroatoms. The molecule has 0 aliphatic rings. The van der Waals surface area contributed by atoms with Crippen LogP contribution in [-0.2, 0) is 0 Å². The second-order valence-electron chi connectivity index (χ2n) is 3.74. The first-order valence-electron chi connectivity index (χ1n) is 4.83. The number of rotatable bonds is 6. The molecule has 0 heterocycles. The van der Waals surface area contributed by atoms with Gasteiger partial charge >= 0.3 is 0 Å². The summed E-state index contributed by atoms with van der Waals surface area (Å²) in [7, 11) is 0. The van der Waals surface area contributed by atoms with Crippen molar-refractivity contribution in [2.45, 2.75) is 39.7 Å². The van der Waals surface area contributed by atoms with Crippen LogP contribution in [0.5, 0.6) is 0 Å². The second kappa shape index (κ2) is 6.68. The number of nitriles is 1. The van der Waals surface area contributed by atoms with Gasteiger partial charge in [-0.15, -0.1) is 6.58 Å². The van der Waals surface area contributed by atoms with Gasteiger partial charge in [-0.25, -0.2) is 0 Å². The van der Waals surface area contributed by atoms with Crippen molar-refractivity contribution in [1.29, 1.82) is 5.26 Å². The molecular weight excluding hydrogens is 160 g/mol. The van der Waals surface area contributed by atoms with Gasteiger partial charge in [-0.3, -0.25) is 4.90 Å². The first-order valence-corrected chi connectivity index (χ1v) is 4.83. The van der Waals surface area contributed by atoms with Crippen LogP contribution >= 0.6 is 0 Å². The lowest BCUT2D eigenvalue weighted by molar-refractivity contribution is 0.229. The van der Waals surface area contributed by atoms with E-state index in [1.165, 1.54) is 5.57 Å². The molecule has 0 unspecified atom stereocenters. The fraction of sp³-hybridized carbons (Fsp3) is 0.727. The molecule has 0 rings (SSSR count).